The summed E-state index contributed by atoms with van der Waals surface area (Å²) >= 11 is 0. The molecule has 3 N–H and O–H groups in total. The number of nitrogens with two attached hydrogens (primary N) is 1. The van der Waals surface area contributed by atoms with E-state index in [-0.39, 0.29) is 5.91 Å². The van der Waals surface area contributed by atoms with Crippen LogP contribution in [0.1, 0.15) is 24.0 Å². The summed E-state index contributed by atoms with van der Waals surface area (Å²) in [6.07, 6.45) is 1.87. The molecule has 24 heavy (non-hydrogen) atoms. The Kier molecular flexibility index (Phi) is 8.01. The van der Waals surface area contributed by atoms with Crippen LogP contribution in [-0.4, -0.2) is 30.4 Å². The van der Waals surface area contributed by atoms with Gasteiger partial charge in [0.15, 0.2) is 0 Å². The van der Waals surface area contributed by atoms with Crippen LogP contribution >= 0.6 is 0 Å². The topological polar surface area (TPSA) is 58.4 Å². The number of nitrogens with zero attached hydrogens (tertiary/aromatic N) is 1. The first kappa shape index (κ1) is 18.2. The van der Waals surface area contributed by atoms with Crippen LogP contribution in [0.4, 0.5) is 0 Å². The van der Waals surface area contributed by atoms with Crippen molar-refractivity contribution < 1.29 is 4.79 Å². The molecular weight excluding hydrogens is 298 g/mol. The van der Waals surface area contributed by atoms with E-state index in [0.717, 1.165) is 25.9 Å². The molecule has 0 saturated heterocycles. The third-order valence-corrected chi connectivity index (χ3v) is 3.82. The van der Waals surface area contributed by atoms with Gasteiger partial charge in [0.2, 0.25) is 5.91 Å². The van der Waals surface area contributed by atoms with Gasteiger partial charge in [0.25, 0.3) is 0 Å². The summed E-state index contributed by atoms with van der Waals surface area (Å²) in [5.74, 6) is 0.0684. The summed E-state index contributed by atoms with van der Waals surface area (Å²) in [7, 11) is 0. The van der Waals surface area contributed by atoms with Gasteiger partial charge in [-0.2, -0.15) is 0 Å². The second kappa shape index (κ2) is 10.6. The lowest BCUT2D eigenvalue weighted by molar-refractivity contribution is -0.122. The summed E-state index contributed by atoms with van der Waals surface area (Å²) in [5.41, 5.74) is 7.90. The molecule has 0 spiro atoms. The predicted molar refractivity (Wildman–Crippen MR) is 98.3 cm³/mol. The fourth-order valence-corrected chi connectivity index (χ4v) is 2.61. The number of hydrogen-bond acceptors (Lipinski definition) is 3. The molecule has 0 fully saturated rings. The Balaban J connectivity index is 1.93. The summed E-state index contributed by atoms with van der Waals surface area (Å²) in [5, 5.41) is 2.98. The molecule has 0 aliphatic rings. The zero-order valence-corrected chi connectivity index (χ0v) is 14.2. The summed E-state index contributed by atoms with van der Waals surface area (Å²) in [4.78, 5) is 14.4. The van der Waals surface area contributed by atoms with E-state index >= 15 is 0 Å². The molecule has 0 unspecified atom stereocenters. The van der Waals surface area contributed by atoms with Crippen LogP contribution in [0.15, 0.2) is 60.7 Å². The second-order valence-electron chi connectivity index (χ2n) is 5.96. The second-order valence-corrected chi connectivity index (χ2v) is 5.96. The van der Waals surface area contributed by atoms with Crippen molar-refractivity contribution in [3.05, 3.63) is 71.8 Å². The van der Waals surface area contributed by atoms with Crippen molar-refractivity contribution in [3.63, 3.8) is 0 Å². The maximum atomic E-state index is 12.2. The molecule has 0 aliphatic heterocycles. The third-order valence-electron chi connectivity index (χ3n) is 3.82. The van der Waals surface area contributed by atoms with Crippen LogP contribution in [-0.2, 0) is 17.9 Å². The lowest BCUT2D eigenvalue weighted by atomic mass is 10.1. The average Bonchev–Trinajstić information content (AvgIpc) is 2.60. The largest absolute Gasteiger partial charge is 0.355 e. The number of unbranched alkanes of at least 4 members (excludes halogenated alkanes) is 1. The molecule has 2 rings (SSSR count). The van der Waals surface area contributed by atoms with E-state index in [0.29, 0.717) is 19.6 Å². The molecule has 0 aliphatic carbocycles. The molecule has 2 aromatic rings. The van der Waals surface area contributed by atoms with Crippen LogP contribution in [0.2, 0.25) is 0 Å². The van der Waals surface area contributed by atoms with Crippen molar-refractivity contribution in [2.45, 2.75) is 25.9 Å². The Bertz CT molecular complexity index is 545. The van der Waals surface area contributed by atoms with E-state index in [2.05, 4.69) is 34.5 Å². The van der Waals surface area contributed by atoms with Gasteiger partial charge >= 0.3 is 0 Å². The van der Waals surface area contributed by atoms with Gasteiger partial charge in [0, 0.05) is 19.6 Å². The van der Waals surface area contributed by atoms with Crippen molar-refractivity contribution >= 4 is 5.91 Å². The molecule has 0 radical (unpaired) electrons. The molecule has 128 valence electrons. The fraction of sp³-hybridized carbons (Fsp3) is 0.350. The summed E-state index contributed by atoms with van der Waals surface area (Å²) in [6, 6.07) is 20.5. The Morgan fingerprint density at radius 2 is 1.42 bits per heavy atom. The number of carbonyl (C=O) groups excluding carboxylic acids is 1. The van der Waals surface area contributed by atoms with Crippen molar-refractivity contribution in [1.82, 2.24) is 10.2 Å². The first-order valence-corrected chi connectivity index (χ1v) is 8.55. The fourth-order valence-electron chi connectivity index (χ4n) is 2.61. The Morgan fingerprint density at radius 1 is 0.875 bits per heavy atom. The molecule has 0 atom stereocenters. The van der Waals surface area contributed by atoms with Crippen LogP contribution in [0.25, 0.3) is 0 Å². The van der Waals surface area contributed by atoms with Crippen molar-refractivity contribution in [2.75, 3.05) is 19.6 Å². The Morgan fingerprint density at radius 3 is 1.92 bits per heavy atom. The normalized spacial score (nSPS) is 10.8. The zero-order valence-electron chi connectivity index (χ0n) is 14.2. The van der Waals surface area contributed by atoms with Gasteiger partial charge in [-0.1, -0.05) is 60.7 Å². The van der Waals surface area contributed by atoms with Crippen LogP contribution in [0.3, 0.4) is 0 Å². The lowest BCUT2D eigenvalue weighted by Crippen LogP contribution is -2.37. The number of carbonyl (C=O) groups is 1. The van der Waals surface area contributed by atoms with Gasteiger partial charge in [0.05, 0.1) is 6.54 Å². The van der Waals surface area contributed by atoms with Crippen LogP contribution in [0.5, 0.6) is 0 Å². The molecule has 0 saturated carbocycles. The predicted octanol–water partition coefficient (Wildman–Crippen LogP) is 2.54. The molecule has 4 nitrogen and oxygen atoms in total. The van der Waals surface area contributed by atoms with Gasteiger partial charge in [-0.3, -0.25) is 9.69 Å². The van der Waals surface area contributed by atoms with E-state index in [1.807, 2.05) is 36.4 Å². The first-order chi connectivity index (χ1) is 11.8. The molecule has 0 aromatic heterocycles. The molecule has 0 heterocycles. The number of amides is 1. The van der Waals surface area contributed by atoms with E-state index < -0.39 is 0 Å². The van der Waals surface area contributed by atoms with Crippen LogP contribution < -0.4 is 11.1 Å². The third kappa shape index (κ3) is 6.94. The van der Waals surface area contributed by atoms with Crippen LogP contribution in [0, 0.1) is 0 Å². The number of nitrogens with one attached hydrogen (secondary N) is 1. The summed E-state index contributed by atoms with van der Waals surface area (Å²) in [6.45, 7) is 3.27. The van der Waals surface area contributed by atoms with E-state index in [4.69, 9.17) is 5.73 Å². The number of hydrogen-bond donors (Lipinski definition) is 2. The molecular formula is C20H27N3O. The van der Waals surface area contributed by atoms with Gasteiger partial charge in [-0.15, -0.1) is 0 Å². The van der Waals surface area contributed by atoms with Gasteiger partial charge in [-0.25, -0.2) is 0 Å². The molecule has 1 amide bonds. The van der Waals surface area contributed by atoms with Gasteiger partial charge < -0.3 is 11.1 Å². The minimum absolute atomic E-state index is 0.0684. The summed E-state index contributed by atoms with van der Waals surface area (Å²) < 4.78 is 0. The number of rotatable bonds is 10. The quantitative estimate of drug-likeness (QED) is 0.660. The highest BCUT2D eigenvalue weighted by molar-refractivity contribution is 5.77. The molecule has 4 heteroatoms. The van der Waals surface area contributed by atoms with Crippen molar-refractivity contribution in [3.8, 4) is 0 Å². The SMILES string of the molecule is NCCCCNC(=O)CN(Cc1ccccc1)Cc1ccccc1. The van der Waals surface area contributed by atoms with E-state index in [9.17, 15) is 4.79 Å². The molecule has 0 bridgehead atoms. The maximum absolute atomic E-state index is 12.2. The van der Waals surface area contributed by atoms with Gasteiger partial charge in [-0.05, 0) is 30.5 Å². The zero-order chi connectivity index (χ0) is 17.0. The van der Waals surface area contributed by atoms with Gasteiger partial charge in [0.1, 0.15) is 0 Å². The lowest BCUT2D eigenvalue weighted by Gasteiger charge is -2.22. The first-order valence-electron chi connectivity index (χ1n) is 8.55. The minimum Gasteiger partial charge on any atom is -0.355 e. The number of benzene rings is 2. The highest BCUT2D eigenvalue weighted by Gasteiger charge is 2.11. The maximum Gasteiger partial charge on any atom is 0.234 e. The van der Waals surface area contributed by atoms with Crippen molar-refractivity contribution in [1.29, 1.82) is 0 Å². The Labute approximate surface area is 144 Å². The van der Waals surface area contributed by atoms with E-state index in [1.54, 1.807) is 0 Å². The average molecular weight is 325 g/mol. The standard InChI is InChI=1S/C20H27N3O/c21-13-7-8-14-22-20(24)17-23(15-18-9-3-1-4-10-18)16-19-11-5-2-6-12-19/h1-6,9-12H,7-8,13-17,21H2,(H,22,24). The Hall–Kier alpha value is -2.17. The smallest absolute Gasteiger partial charge is 0.234 e. The molecule has 2 aromatic carbocycles. The highest BCUT2D eigenvalue weighted by Crippen LogP contribution is 2.09. The van der Waals surface area contributed by atoms with E-state index in [1.165, 1.54) is 11.1 Å². The monoisotopic (exact) mass is 325 g/mol. The minimum atomic E-state index is 0.0684. The van der Waals surface area contributed by atoms with Crippen molar-refractivity contribution in [2.24, 2.45) is 5.73 Å². The highest BCUT2D eigenvalue weighted by atomic mass is 16.2.